The van der Waals surface area contributed by atoms with Gasteiger partial charge in [0.05, 0.1) is 5.92 Å². The van der Waals surface area contributed by atoms with Crippen LogP contribution in [0.15, 0.2) is 24.3 Å². The molecule has 0 saturated carbocycles. The summed E-state index contributed by atoms with van der Waals surface area (Å²) in [5, 5.41) is 0.628. The molecule has 0 fully saturated rings. The van der Waals surface area contributed by atoms with Gasteiger partial charge in [-0.05, 0) is 23.1 Å². The van der Waals surface area contributed by atoms with Gasteiger partial charge in [-0.15, -0.1) is 0 Å². The number of nitrogens with two attached hydrogens (primary N) is 1. The van der Waals surface area contributed by atoms with Crippen molar-refractivity contribution in [2.75, 3.05) is 0 Å². The molecule has 0 aliphatic heterocycles. The number of hydrogen-bond acceptors (Lipinski definition) is 1. The van der Waals surface area contributed by atoms with E-state index < -0.39 is 0 Å². The van der Waals surface area contributed by atoms with Crippen molar-refractivity contribution >= 4 is 17.5 Å². The molecule has 1 atom stereocenters. The molecule has 0 aromatic heterocycles. The zero-order chi connectivity index (χ0) is 11.6. The van der Waals surface area contributed by atoms with Crippen molar-refractivity contribution in [1.29, 1.82) is 0 Å². The Balaban J connectivity index is 3.16. The first kappa shape index (κ1) is 12.1. The molecule has 82 valence electrons. The summed E-state index contributed by atoms with van der Waals surface area (Å²) < 4.78 is 0. The Morgan fingerprint density at radius 2 is 2.00 bits per heavy atom. The number of rotatable bonds is 2. The maximum Gasteiger partial charge on any atom is 0.225 e. The van der Waals surface area contributed by atoms with E-state index in [2.05, 4.69) is 0 Å². The molecule has 2 N–H and O–H groups in total. The summed E-state index contributed by atoms with van der Waals surface area (Å²) in [6, 6.07) is 7.29. The number of carbonyl (C=O) groups excluding carboxylic acids is 1. The van der Waals surface area contributed by atoms with Crippen molar-refractivity contribution in [1.82, 2.24) is 0 Å². The third-order valence-corrected chi connectivity index (χ3v) is 2.57. The summed E-state index contributed by atoms with van der Waals surface area (Å²) in [5.41, 5.74) is 6.10. The summed E-state index contributed by atoms with van der Waals surface area (Å²) in [5.74, 6) is -0.624. The van der Waals surface area contributed by atoms with Crippen LogP contribution in [0.25, 0.3) is 0 Å². The number of carbonyl (C=O) groups is 1. The normalized spacial score (nSPS) is 13.6. The highest BCUT2D eigenvalue weighted by atomic mass is 35.5. The van der Waals surface area contributed by atoms with Gasteiger partial charge < -0.3 is 5.73 Å². The molecule has 0 heterocycles. The second-order valence-corrected chi connectivity index (χ2v) is 5.19. The molecule has 0 aliphatic rings. The zero-order valence-electron chi connectivity index (χ0n) is 9.25. The van der Waals surface area contributed by atoms with Crippen LogP contribution in [-0.4, -0.2) is 5.91 Å². The second-order valence-electron chi connectivity index (χ2n) is 4.76. The fourth-order valence-corrected chi connectivity index (χ4v) is 1.98. The number of benzene rings is 1. The molecule has 1 aromatic carbocycles. The lowest BCUT2D eigenvalue weighted by molar-refractivity contribution is -0.121. The second kappa shape index (κ2) is 4.23. The van der Waals surface area contributed by atoms with E-state index in [0.29, 0.717) is 5.02 Å². The molecule has 0 radical (unpaired) electrons. The van der Waals surface area contributed by atoms with Crippen molar-refractivity contribution in [3.63, 3.8) is 0 Å². The Morgan fingerprint density at radius 1 is 1.40 bits per heavy atom. The average Bonchev–Trinajstić information content (AvgIpc) is 1.99. The highest BCUT2D eigenvalue weighted by molar-refractivity contribution is 6.30. The van der Waals surface area contributed by atoms with Crippen molar-refractivity contribution in [2.24, 2.45) is 11.1 Å². The van der Waals surface area contributed by atoms with Gasteiger partial charge in [0.25, 0.3) is 0 Å². The fourth-order valence-electron chi connectivity index (χ4n) is 1.78. The van der Waals surface area contributed by atoms with E-state index in [0.717, 1.165) is 5.56 Å². The lowest BCUT2D eigenvalue weighted by Crippen LogP contribution is -2.31. The fraction of sp³-hybridized carbons (Fsp3) is 0.417. The van der Waals surface area contributed by atoms with Crippen molar-refractivity contribution in [2.45, 2.75) is 26.7 Å². The summed E-state index contributed by atoms with van der Waals surface area (Å²) >= 11 is 5.89. The molecule has 0 spiro atoms. The van der Waals surface area contributed by atoms with Crippen LogP contribution in [0.1, 0.15) is 32.3 Å². The van der Waals surface area contributed by atoms with Crippen molar-refractivity contribution in [3.8, 4) is 0 Å². The Hall–Kier alpha value is -1.02. The Morgan fingerprint density at radius 3 is 2.40 bits per heavy atom. The van der Waals surface area contributed by atoms with E-state index in [1.807, 2.05) is 32.9 Å². The van der Waals surface area contributed by atoms with E-state index in [9.17, 15) is 4.79 Å². The van der Waals surface area contributed by atoms with Crippen molar-refractivity contribution < 1.29 is 4.79 Å². The maximum absolute atomic E-state index is 11.4. The first-order chi connectivity index (χ1) is 6.82. The molecule has 0 aliphatic carbocycles. The highest BCUT2D eigenvalue weighted by Gasteiger charge is 2.31. The van der Waals surface area contributed by atoms with Crippen LogP contribution >= 0.6 is 11.6 Å². The molecule has 1 rings (SSSR count). The minimum Gasteiger partial charge on any atom is -0.369 e. The van der Waals surface area contributed by atoms with Gasteiger partial charge in [-0.1, -0.05) is 44.5 Å². The smallest absolute Gasteiger partial charge is 0.225 e. The first-order valence-corrected chi connectivity index (χ1v) is 5.25. The Labute approximate surface area is 95.4 Å². The number of halogens is 1. The molecule has 1 amide bonds. The predicted molar refractivity (Wildman–Crippen MR) is 62.8 cm³/mol. The van der Waals surface area contributed by atoms with Gasteiger partial charge in [0.1, 0.15) is 0 Å². The average molecular weight is 226 g/mol. The maximum atomic E-state index is 11.4. The lowest BCUT2D eigenvalue weighted by Gasteiger charge is -2.28. The van der Waals surface area contributed by atoms with Crippen molar-refractivity contribution in [3.05, 3.63) is 34.9 Å². The molecule has 0 saturated heterocycles. The van der Waals surface area contributed by atoms with Gasteiger partial charge in [0.2, 0.25) is 5.91 Å². The lowest BCUT2D eigenvalue weighted by atomic mass is 9.76. The van der Waals surface area contributed by atoms with Crippen LogP contribution in [0.2, 0.25) is 5.02 Å². The molecule has 3 heteroatoms. The summed E-state index contributed by atoms with van der Waals surface area (Å²) in [6.45, 7) is 5.97. The van der Waals surface area contributed by atoms with Gasteiger partial charge in [0.15, 0.2) is 0 Å². The largest absolute Gasteiger partial charge is 0.369 e. The van der Waals surface area contributed by atoms with Gasteiger partial charge in [-0.2, -0.15) is 0 Å². The number of amides is 1. The van der Waals surface area contributed by atoms with E-state index >= 15 is 0 Å². The van der Waals surface area contributed by atoms with Crippen LogP contribution in [0.4, 0.5) is 0 Å². The van der Waals surface area contributed by atoms with Gasteiger partial charge in [-0.3, -0.25) is 4.79 Å². The summed E-state index contributed by atoms with van der Waals surface area (Å²) in [6.07, 6.45) is 0. The Bertz CT molecular complexity index is 368. The van der Waals surface area contributed by atoms with Crippen LogP contribution in [0, 0.1) is 5.41 Å². The molecule has 2 nitrogen and oxygen atoms in total. The van der Waals surface area contributed by atoms with Gasteiger partial charge in [-0.25, -0.2) is 0 Å². The van der Waals surface area contributed by atoms with Crippen LogP contribution in [0.3, 0.4) is 0 Å². The SMILES string of the molecule is CC(C)(C)C(C(N)=O)c1cccc(Cl)c1. The molecular formula is C12H16ClNO. The third-order valence-electron chi connectivity index (χ3n) is 2.33. The monoisotopic (exact) mass is 225 g/mol. The summed E-state index contributed by atoms with van der Waals surface area (Å²) in [7, 11) is 0. The minimum atomic E-state index is -0.315. The summed E-state index contributed by atoms with van der Waals surface area (Å²) in [4.78, 5) is 11.4. The standard InChI is InChI=1S/C12H16ClNO/c1-12(2,3)10(11(14)15)8-5-4-6-9(13)7-8/h4-7,10H,1-3H3,(H2,14,15). The topological polar surface area (TPSA) is 43.1 Å². The number of primary amides is 1. The molecule has 1 unspecified atom stereocenters. The quantitative estimate of drug-likeness (QED) is 0.826. The first-order valence-electron chi connectivity index (χ1n) is 4.87. The minimum absolute atomic E-state index is 0.198. The van der Waals surface area contributed by atoms with E-state index in [1.54, 1.807) is 12.1 Å². The highest BCUT2D eigenvalue weighted by Crippen LogP contribution is 2.35. The van der Waals surface area contributed by atoms with Crippen LogP contribution in [-0.2, 0) is 4.79 Å². The zero-order valence-corrected chi connectivity index (χ0v) is 10.0. The van der Waals surface area contributed by atoms with E-state index in [-0.39, 0.29) is 17.2 Å². The molecule has 0 bridgehead atoms. The Kier molecular flexibility index (Phi) is 3.40. The van der Waals surface area contributed by atoms with Crippen LogP contribution in [0.5, 0.6) is 0 Å². The van der Waals surface area contributed by atoms with E-state index in [4.69, 9.17) is 17.3 Å². The predicted octanol–water partition coefficient (Wildman–Crippen LogP) is 2.96. The van der Waals surface area contributed by atoms with Gasteiger partial charge in [0, 0.05) is 5.02 Å². The molecule has 1 aromatic rings. The van der Waals surface area contributed by atoms with E-state index in [1.165, 1.54) is 0 Å². The third kappa shape index (κ3) is 2.96. The molecule has 15 heavy (non-hydrogen) atoms. The van der Waals surface area contributed by atoms with Crippen LogP contribution < -0.4 is 5.73 Å². The van der Waals surface area contributed by atoms with Gasteiger partial charge >= 0.3 is 0 Å². The number of hydrogen-bond donors (Lipinski definition) is 1. The molecular weight excluding hydrogens is 210 g/mol.